The van der Waals surface area contributed by atoms with Crippen molar-refractivity contribution < 1.29 is 27.5 Å². The third-order valence-corrected chi connectivity index (χ3v) is 4.55. The van der Waals surface area contributed by atoms with Crippen LogP contribution in [0.25, 0.3) is 5.82 Å². The van der Waals surface area contributed by atoms with Crippen molar-refractivity contribution in [2.75, 3.05) is 6.61 Å². The molecule has 0 saturated heterocycles. The molecule has 0 spiro atoms. The van der Waals surface area contributed by atoms with Crippen molar-refractivity contribution in [1.82, 2.24) is 14.8 Å². The summed E-state index contributed by atoms with van der Waals surface area (Å²) in [7, 11) is 0. The molecule has 0 aliphatic heterocycles. The highest BCUT2D eigenvalue weighted by atomic mass is 19.4. The molecule has 0 atom stereocenters. The maximum atomic E-state index is 12.7. The lowest BCUT2D eigenvalue weighted by molar-refractivity contribution is -0.137. The van der Waals surface area contributed by atoms with Crippen molar-refractivity contribution in [2.24, 2.45) is 0 Å². The second-order valence-corrected chi connectivity index (χ2v) is 6.78. The summed E-state index contributed by atoms with van der Waals surface area (Å²) in [6.45, 7) is 4.76. The summed E-state index contributed by atoms with van der Waals surface area (Å²) in [5.41, 5.74) is 1.69. The first-order valence-electron chi connectivity index (χ1n) is 8.93. The van der Waals surface area contributed by atoms with Crippen LogP contribution in [0, 0.1) is 20.8 Å². The van der Waals surface area contributed by atoms with Crippen molar-refractivity contribution in [3.05, 3.63) is 76.2 Å². The third-order valence-electron chi connectivity index (χ3n) is 4.55. The van der Waals surface area contributed by atoms with Gasteiger partial charge in [0, 0.05) is 11.8 Å². The van der Waals surface area contributed by atoms with Crippen LogP contribution < -0.4 is 0 Å². The number of esters is 1. The molecule has 0 bridgehead atoms. The lowest BCUT2D eigenvalue weighted by atomic mass is 10.0. The Hall–Kier alpha value is -3.49. The van der Waals surface area contributed by atoms with E-state index in [-0.39, 0.29) is 17.2 Å². The van der Waals surface area contributed by atoms with E-state index in [0.717, 1.165) is 23.3 Å². The van der Waals surface area contributed by atoms with Crippen molar-refractivity contribution >= 4 is 11.8 Å². The molecule has 0 radical (unpaired) electrons. The maximum absolute atomic E-state index is 12.7. The van der Waals surface area contributed by atoms with Crippen molar-refractivity contribution in [3.63, 3.8) is 0 Å². The Bertz CT molecular complexity index is 1100. The van der Waals surface area contributed by atoms with Gasteiger partial charge in [0.25, 0.3) is 0 Å². The number of alkyl halides is 3. The highest BCUT2D eigenvalue weighted by Gasteiger charge is 2.31. The summed E-state index contributed by atoms with van der Waals surface area (Å²) in [6.07, 6.45) is -2.58. The summed E-state index contributed by atoms with van der Waals surface area (Å²) >= 11 is 0. The van der Waals surface area contributed by atoms with Crippen LogP contribution in [-0.4, -0.2) is 33.1 Å². The minimum atomic E-state index is -4.50. The van der Waals surface area contributed by atoms with E-state index in [1.165, 1.54) is 10.9 Å². The van der Waals surface area contributed by atoms with E-state index in [0.29, 0.717) is 17.5 Å². The number of Topliss-reactive ketones (excluding diaryl/α,β-unsaturated/α-hetero) is 1. The zero-order valence-electron chi connectivity index (χ0n) is 16.4. The molecular weight excluding hydrogens is 399 g/mol. The summed E-state index contributed by atoms with van der Waals surface area (Å²) in [5.74, 6) is -0.977. The Kier molecular flexibility index (Phi) is 5.73. The lowest BCUT2D eigenvalue weighted by Crippen LogP contribution is -2.16. The van der Waals surface area contributed by atoms with Gasteiger partial charge in [0.15, 0.2) is 12.4 Å². The van der Waals surface area contributed by atoms with Crippen LogP contribution in [0.4, 0.5) is 13.2 Å². The van der Waals surface area contributed by atoms with E-state index in [1.807, 2.05) is 19.1 Å². The highest BCUT2D eigenvalue weighted by molar-refractivity contribution is 6.00. The summed E-state index contributed by atoms with van der Waals surface area (Å²) < 4.78 is 44.4. The van der Waals surface area contributed by atoms with E-state index in [1.54, 1.807) is 19.9 Å². The number of hydrogen-bond acceptors (Lipinski definition) is 5. The smallest absolute Gasteiger partial charge is 0.417 e. The molecule has 0 saturated carbocycles. The zero-order chi connectivity index (χ0) is 22.1. The molecule has 0 amide bonds. The minimum absolute atomic E-state index is 0.0884. The van der Waals surface area contributed by atoms with Crippen LogP contribution in [0.5, 0.6) is 0 Å². The largest absolute Gasteiger partial charge is 0.454 e. The summed E-state index contributed by atoms with van der Waals surface area (Å²) in [6, 6.07) is 7.46. The maximum Gasteiger partial charge on any atom is 0.417 e. The fraction of sp³-hybridized carbons (Fsp3) is 0.238. The number of rotatable bonds is 5. The van der Waals surface area contributed by atoms with Gasteiger partial charge < -0.3 is 4.74 Å². The van der Waals surface area contributed by atoms with Gasteiger partial charge in [-0.05, 0) is 44.5 Å². The normalized spacial score (nSPS) is 11.4. The molecule has 156 valence electrons. The minimum Gasteiger partial charge on any atom is -0.454 e. The first-order valence-corrected chi connectivity index (χ1v) is 8.93. The Morgan fingerprint density at radius 3 is 2.40 bits per heavy atom. The Morgan fingerprint density at radius 1 is 1.03 bits per heavy atom. The van der Waals surface area contributed by atoms with Crippen molar-refractivity contribution in [3.8, 4) is 5.82 Å². The fourth-order valence-corrected chi connectivity index (χ4v) is 2.84. The summed E-state index contributed by atoms with van der Waals surface area (Å²) in [4.78, 5) is 28.5. The van der Waals surface area contributed by atoms with Gasteiger partial charge in [0.05, 0.1) is 17.5 Å². The number of aryl methyl sites for hydroxylation is 2. The number of ether oxygens (including phenoxy) is 1. The predicted molar refractivity (Wildman–Crippen MR) is 102 cm³/mol. The molecule has 0 N–H and O–H groups in total. The zero-order valence-corrected chi connectivity index (χ0v) is 16.4. The number of carbonyl (C=O) groups is 2. The van der Waals surface area contributed by atoms with Gasteiger partial charge >= 0.3 is 12.1 Å². The van der Waals surface area contributed by atoms with Crippen LogP contribution in [0.2, 0.25) is 0 Å². The first kappa shape index (κ1) is 21.2. The quantitative estimate of drug-likeness (QED) is 0.458. The Morgan fingerprint density at radius 2 is 1.77 bits per heavy atom. The van der Waals surface area contributed by atoms with E-state index >= 15 is 0 Å². The van der Waals surface area contributed by atoms with Crippen molar-refractivity contribution in [2.45, 2.75) is 26.9 Å². The van der Waals surface area contributed by atoms with Gasteiger partial charge in [-0.2, -0.15) is 18.3 Å². The molecule has 0 unspecified atom stereocenters. The lowest BCUT2D eigenvalue weighted by Gasteiger charge is -2.09. The second kappa shape index (κ2) is 8.10. The van der Waals surface area contributed by atoms with Gasteiger partial charge in [-0.15, -0.1) is 0 Å². The van der Waals surface area contributed by atoms with Gasteiger partial charge in [0.1, 0.15) is 5.56 Å². The Balaban J connectivity index is 1.73. The van der Waals surface area contributed by atoms with Crippen LogP contribution in [0.3, 0.4) is 0 Å². The number of halogens is 3. The predicted octanol–water partition coefficient (Wildman–Crippen LogP) is 4.25. The standard InChI is InChI=1S/C21H18F3N3O3/c1-12-4-5-13(2)16(8-12)18(28)11-30-20(29)17-10-26-27(14(17)3)19-7-6-15(9-25-19)21(22,23)24/h4-10H,11H2,1-3H3. The average Bonchev–Trinajstić information content (AvgIpc) is 3.08. The fourth-order valence-electron chi connectivity index (χ4n) is 2.84. The van der Waals surface area contributed by atoms with Gasteiger partial charge in [-0.1, -0.05) is 17.7 Å². The van der Waals surface area contributed by atoms with Crippen LogP contribution >= 0.6 is 0 Å². The number of ketones is 1. The van der Waals surface area contributed by atoms with E-state index in [4.69, 9.17) is 4.74 Å². The van der Waals surface area contributed by atoms with Gasteiger partial charge in [-0.3, -0.25) is 4.79 Å². The number of hydrogen-bond donors (Lipinski definition) is 0. The van der Waals surface area contributed by atoms with E-state index in [2.05, 4.69) is 10.1 Å². The molecular formula is C21H18F3N3O3. The van der Waals surface area contributed by atoms with Crippen molar-refractivity contribution in [1.29, 1.82) is 0 Å². The molecule has 0 aliphatic rings. The molecule has 3 aromatic rings. The number of benzene rings is 1. The summed E-state index contributed by atoms with van der Waals surface area (Å²) in [5, 5.41) is 4.00. The molecule has 1 aromatic carbocycles. The van der Waals surface area contributed by atoms with Crippen LogP contribution in [0.15, 0.2) is 42.7 Å². The molecule has 6 nitrogen and oxygen atoms in total. The molecule has 30 heavy (non-hydrogen) atoms. The van der Waals surface area contributed by atoms with Crippen LogP contribution in [0.1, 0.15) is 43.1 Å². The second-order valence-electron chi connectivity index (χ2n) is 6.78. The highest BCUT2D eigenvalue weighted by Crippen LogP contribution is 2.28. The molecule has 9 heteroatoms. The molecule has 0 aliphatic carbocycles. The molecule has 3 rings (SSSR count). The van der Waals surface area contributed by atoms with E-state index in [9.17, 15) is 22.8 Å². The monoisotopic (exact) mass is 417 g/mol. The number of aromatic nitrogens is 3. The van der Waals surface area contributed by atoms with Gasteiger partial charge in [0.2, 0.25) is 5.78 Å². The number of carbonyl (C=O) groups excluding carboxylic acids is 2. The van der Waals surface area contributed by atoms with Gasteiger partial charge in [-0.25, -0.2) is 14.5 Å². The topological polar surface area (TPSA) is 74.1 Å². The number of pyridine rings is 1. The number of nitrogens with zero attached hydrogens (tertiary/aromatic N) is 3. The Labute approximate surface area is 170 Å². The van der Waals surface area contributed by atoms with Crippen LogP contribution in [-0.2, 0) is 10.9 Å². The molecule has 2 heterocycles. The average molecular weight is 417 g/mol. The molecule has 0 fully saturated rings. The molecule has 2 aromatic heterocycles. The SMILES string of the molecule is Cc1ccc(C)c(C(=O)COC(=O)c2cnn(-c3ccc(C(F)(F)F)cn3)c2C)c1. The first-order chi connectivity index (χ1) is 14.1. The third kappa shape index (κ3) is 4.40. The van der Waals surface area contributed by atoms with E-state index < -0.39 is 24.3 Å².